The summed E-state index contributed by atoms with van der Waals surface area (Å²) in [5, 5.41) is 7.21. The number of hydrogen-bond donors (Lipinski definition) is 2. The zero-order valence-corrected chi connectivity index (χ0v) is 17.9. The smallest absolute Gasteiger partial charge is 0.307 e. The molecule has 1 saturated heterocycles. The molecule has 10 heteroatoms. The van der Waals surface area contributed by atoms with Crippen LogP contribution >= 0.6 is 0 Å². The van der Waals surface area contributed by atoms with Crippen molar-refractivity contribution < 1.29 is 13.9 Å². The number of aryl methyl sites for hydroxylation is 1. The average molecular weight is 435 g/mol. The summed E-state index contributed by atoms with van der Waals surface area (Å²) in [5.41, 5.74) is 5.68. The molecule has 1 aliphatic carbocycles. The van der Waals surface area contributed by atoms with Gasteiger partial charge in [-0.15, -0.1) is 0 Å². The van der Waals surface area contributed by atoms with Crippen LogP contribution in [0.4, 0.5) is 11.8 Å². The summed E-state index contributed by atoms with van der Waals surface area (Å²) in [5.74, 6) is 0.534. The molecule has 2 aliphatic rings. The van der Waals surface area contributed by atoms with Crippen molar-refractivity contribution in [3.63, 3.8) is 0 Å². The number of benzene rings is 1. The molecule has 0 spiro atoms. The highest BCUT2D eigenvalue weighted by Gasteiger charge is 2.26. The number of aromatic nitrogens is 3. The van der Waals surface area contributed by atoms with Gasteiger partial charge in [-0.1, -0.05) is 29.8 Å². The number of rotatable bonds is 6. The van der Waals surface area contributed by atoms with E-state index in [9.17, 15) is 4.79 Å². The fraction of sp³-hybridized carbons (Fsp3) is 0.409. The second kappa shape index (κ2) is 8.91. The van der Waals surface area contributed by atoms with Crippen molar-refractivity contribution >= 4 is 35.1 Å². The molecule has 2 fully saturated rings. The number of carbonyl (C=O) groups excluding carboxylic acids is 1. The maximum Gasteiger partial charge on any atom is 0.307 e. The number of amides is 1. The average Bonchev–Trinajstić information content (AvgIpc) is 3.21. The Hall–Kier alpha value is -3.53. The normalized spacial score (nSPS) is 17.0. The number of nitrogens with zero attached hydrogens (tertiary/aromatic N) is 5. The number of oxazole rings is 1. The SMILES string of the molecule is Cc1cccc(/C=N/Nc2nc(N3CCOCC3)c3nc(C(=O)NC4CCC4)oc3n2)c1. The number of hydrogen-bond acceptors (Lipinski definition) is 9. The van der Waals surface area contributed by atoms with E-state index in [0.29, 0.717) is 37.6 Å². The molecule has 1 amide bonds. The molecule has 32 heavy (non-hydrogen) atoms. The molecule has 166 valence electrons. The van der Waals surface area contributed by atoms with Crippen LogP contribution in [-0.2, 0) is 4.74 Å². The van der Waals surface area contributed by atoms with Crippen LogP contribution in [0.25, 0.3) is 11.2 Å². The third-order valence-corrected chi connectivity index (χ3v) is 5.61. The lowest BCUT2D eigenvalue weighted by molar-refractivity contribution is 0.0883. The first-order valence-corrected chi connectivity index (χ1v) is 10.8. The molecule has 0 radical (unpaired) electrons. The Morgan fingerprint density at radius 3 is 2.81 bits per heavy atom. The van der Waals surface area contributed by atoms with E-state index in [1.165, 1.54) is 0 Å². The monoisotopic (exact) mass is 435 g/mol. The first-order chi connectivity index (χ1) is 15.7. The Morgan fingerprint density at radius 2 is 2.06 bits per heavy atom. The van der Waals surface area contributed by atoms with E-state index in [0.717, 1.165) is 30.4 Å². The summed E-state index contributed by atoms with van der Waals surface area (Å²) >= 11 is 0. The molecular weight excluding hydrogens is 410 g/mol. The van der Waals surface area contributed by atoms with E-state index in [-0.39, 0.29) is 29.5 Å². The van der Waals surface area contributed by atoms with Gasteiger partial charge in [0.1, 0.15) is 0 Å². The number of carbonyl (C=O) groups is 1. The van der Waals surface area contributed by atoms with Crippen LogP contribution in [0, 0.1) is 6.92 Å². The number of nitrogens with one attached hydrogen (secondary N) is 2. The maximum atomic E-state index is 12.6. The Bertz CT molecular complexity index is 1150. The second-order valence-electron chi connectivity index (χ2n) is 8.03. The van der Waals surface area contributed by atoms with Crippen LogP contribution in [-0.4, -0.2) is 59.4 Å². The largest absolute Gasteiger partial charge is 0.413 e. The second-order valence-corrected chi connectivity index (χ2v) is 8.03. The lowest BCUT2D eigenvalue weighted by atomic mass is 9.93. The third-order valence-electron chi connectivity index (χ3n) is 5.61. The van der Waals surface area contributed by atoms with Gasteiger partial charge in [-0.25, -0.2) is 5.43 Å². The highest BCUT2D eigenvalue weighted by Crippen LogP contribution is 2.27. The van der Waals surface area contributed by atoms with Gasteiger partial charge in [0.25, 0.3) is 11.6 Å². The fourth-order valence-corrected chi connectivity index (χ4v) is 3.67. The molecule has 3 heterocycles. The zero-order chi connectivity index (χ0) is 21.9. The van der Waals surface area contributed by atoms with Gasteiger partial charge in [-0.3, -0.25) is 4.79 Å². The van der Waals surface area contributed by atoms with Crippen LogP contribution in [0.5, 0.6) is 0 Å². The van der Waals surface area contributed by atoms with Gasteiger partial charge in [0.15, 0.2) is 11.3 Å². The summed E-state index contributed by atoms with van der Waals surface area (Å²) in [4.78, 5) is 28.0. The molecule has 1 aromatic carbocycles. The number of hydrazone groups is 1. The molecule has 2 N–H and O–H groups in total. The van der Waals surface area contributed by atoms with Crippen LogP contribution in [0.2, 0.25) is 0 Å². The van der Waals surface area contributed by atoms with Gasteiger partial charge in [0, 0.05) is 19.1 Å². The highest BCUT2D eigenvalue weighted by atomic mass is 16.5. The molecule has 1 aliphatic heterocycles. The summed E-state index contributed by atoms with van der Waals surface area (Å²) < 4.78 is 11.2. The van der Waals surface area contributed by atoms with Gasteiger partial charge >= 0.3 is 5.91 Å². The van der Waals surface area contributed by atoms with Crippen molar-refractivity contribution in [2.45, 2.75) is 32.2 Å². The molecule has 0 bridgehead atoms. The molecule has 2 aromatic heterocycles. The highest BCUT2D eigenvalue weighted by molar-refractivity contribution is 5.94. The molecular formula is C22H25N7O3. The molecule has 0 unspecified atom stereocenters. The molecule has 3 aromatic rings. The van der Waals surface area contributed by atoms with Gasteiger partial charge in [0.2, 0.25) is 5.95 Å². The van der Waals surface area contributed by atoms with E-state index in [4.69, 9.17) is 9.15 Å². The summed E-state index contributed by atoms with van der Waals surface area (Å²) in [6.45, 7) is 4.53. The van der Waals surface area contributed by atoms with Crippen LogP contribution < -0.4 is 15.6 Å². The number of morpholine rings is 1. The predicted octanol–water partition coefficient (Wildman–Crippen LogP) is 2.49. The van der Waals surface area contributed by atoms with Crippen molar-refractivity contribution in [1.82, 2.24) is 20.3 Å². The van der Waals surface area contributed by atoms with Crippen molar-refractivity contribution in [3.05, 3.63) is 41.3 Å². The maximum absolute atomic E-state index is 12.6. The minimum atomic E-state index is -0.326. The van der Waals surface area contributed by atoms with Gasteiger partial charge in [0.05, 0.1) is 19.4 Å². The van der Waals surface area contributed by atoms with E-state index in [1.54, 1.807) is 6.21 Å². The minimum Gasteiger partial charge on any atom is -0.413 e. The standard InChI is InChI=1S/C22H25N7O3/c1-14-4-2-5-15(12-14)13-23-28-22-26-18(29-8-10-31-11-9-29)17-20(27-22)32-21(25-17)19(30)24-16-6-3-7-16/h2,4-5,12-13,16H,3,6-11H2,1H3,(H,24,30)(H,26,27,28)/b23-13+. The third kappa shape index (κ3) is 4.40. The number of anilines is 2. The van der Waals surface area contributed by atoms with Crippen molar-refractivity contribution in [2.24, 2.45) is 5.10 Å². The predicted molar refractivity (Wildman–Crippen MR) is 120 cm³/mol. The summed E-state index contributed by atoms with van der Waals surface area (Å²) in [6, 6.07) is 8.18. The Kier molecular flexibility index (Phi) is 5.68. The Morgan fingerprint density at radius 1 is 1.22 bits per heavy atom. The van der Waals surface area contributed by atoms with Crippen molar-refractivity contribution in [1.29, 1.82) is 0 Å². The zero-order valence-electron chi connectivity index (χ0n) is 17.9. The van der Waals surface area contributed by atoms with E-state index >= 15 is 0 Å². The van der Waals surface area contributed by atoms with E-state index in [1.807, 2.05) is 31.2 Å². The van der Waals surface area contributed by atoms with Gasteiger partial charge in [-0.05, 0) is 31.7 Å². The Balaban J connectivity index is 1.43. The number of ether oxygens (including phenoxy) is 1. The molecule has 10 nitrogen and oxygen atoms in total. The topological polar surface area (TPSA) is 118 Å². The van der Waals surface area contributed by atoms with Crippen molar-refractivity contribution in [3.8, 4) is 0 Å². The minimum absolute atomic E-state index is 0.00359. The van der Waals surface area contributed by atoms with Crippen molar-refractivity contribution in [2.75, 3.05) is 36.6 Å². The Labute approximate surface area is 185 Å². The summed E-state index contributed by atoms with van der Waals surface area (Å²) in [7, 11) is 0. The number of fused-ring (bicyclic) bond motifs is 1. The first kappa shape index (κ1) is 20.4. The molecule has 1 saturated carbocycles. The van der Waals surface area contributed by atoms with Crippen LogP contribution in [0.1, 0.15) is 41.1 Å². The van der Waals surface area contributed by atoms with E-state index < -0.39 is 0 Å². The quantitative estimate of drug-likeness (QED) is 0.448. The summed E-state index contributed by atoms with van der Waals surface area (Å²) in [6.07, 6.45) is 4.80. The van der Waals surface area contributed by atoms with Gasteiger partial charge in [-0.2, -0.15) is 20.1 Å². The first-order valence-electron chi connectivity index (χ1n) is 10.8. The molecule has 5 rings (SSSR count). The lowest BCUT2D eigenvalue weighted by Gasteiger charge is -2.27. The lowest BCUT2D eigenvalue weighted by Crippen LogP contribution is -2.39. The van der Waals surface area contributed by atoms with Crippen LogP contribution in [0.3, 0.4) is 0 Å². The van der Waals surface area contributed by atoms with Crippen LogP contribution in [0.15, 0.2) is 33.8 Å². The fourth-order valence-electron chi connectivity index (χ4n) is 3.67. The van der Waals surface area contributed by atoms with E-state index in [2.05, 4.69) is 35.7 Å². The van der Waals surface area contributed by atoms with Gasteiger partial charge < -0.3 is 19.4 Å². The molecule has 0 atom stereocenters.